The van der Waals surface area contributed by atoms with Crippen LogP contribution in [0.1, 0.15) is 10.4 Å². The number of anilines is 1. The van der Waals surface area contributed by atoms with Crippen molar-refractivity contribution in [2.24, 2.45) is 7.05 Å². The highest BCUT2D eigenvalue weighted by Crippen LogP contribution is 2.28. The lowest BCUT2D eigenvalue weighted by Gasteiger charge is -2.08. The zero-order chi connectivity index (χ0) is 22.0. The molecular formula is C21H17ClN4O4S. The molecule has 2 aromatic heterocycles. The molecule has 8 nitrogen and oxygen atoms in total. The summed E-state index contributed by atoms with van der Waals surface area (Å²) in [6.07, 6.45) is 0. The zero-order valence-electron chi connectivity index (χ0n) is 16.6. The number of hydrogen-bond acceptors (Lipinski definition) is 7. The second-order valence-electron chi connectivity index (χ2n) is 6.54. The predicted octanol–water partition coefficient (Wildman–Crippen LogP) is 4.40. The molecule has 0 aliphatic rings. The molecule has 0 saturated carbocycles. The number of rotatable bonds is 6. The number of amides is 1. The van der Waals surface area contributed by atoms with E-state index in [9.17, 15) is 9.59 Å². The molecule has 0 spiro atoms. The third-order valence-electron chi connectivity index (χ3n) is 4.47. The molecule has 0 bridgehead atoms. The number of hydrogen-bond donors (Lipinski definition) is 1. The molecule has 158 valence electrons. The molecule has 0 radical (unpaired) electrons. The molecule has 10 heteroatoms. The Labute approximate surface area is 186 Å². The molecule has 0 atom stereocenters. The lowest BCUT2D eigenvalue weighted by Crippen LogP contribution is -2.15. The molecule has 0 unspecified atom stereocenters. The predicted molar refractivity (Wildman–Crippen MR) is 118 cm³/mol. The SMILES string of the molecule is COC(=O)c1cc(NC(=O)CSc2nnc(-c3cc4ccccc4o3)n2C)ccc1Cl. The quantitative estimate of drug-likeness (QED) is 0.339. The summed E-state index contributed by atoms with van der Waals surface area (Å²) in [5.41, 5.74) is 1.39. The number of halogens is 1. The highest BCUT2D eigenvalue weighted by molar-refractivity contribution is 7.99. The Bertz CT molecular complexity index is 1250. The van der Waals surface area contributed by atoms with E-state index in [4.69, 9.17) is 16.0 Å². The van der Waals surface area contributed by atoms with Crippen molar-refractivity contribution in [3.63, 3.8) is 0 Å². The number of nitrogens with zero attached hydrogens (tertiary/aromatic N) is 3. The molecular weight excluding hydrogens is 440 g/mol. The number of fused-ring (bicyclic) bond motifs is 1. The highest BCUT2D eigenvalue weighted by atomic mass is 35.5. The minimum atomic E-state index is -0.576. The van der Waals surface area contributed by atoms with Gasteiger partial charge in [-0.15, -0.1) is 10.2 Å². The van der Waals surface area contributed by atoms with E-state index in [1.54, 1.807) is 10.6 Å². The van der Waals surface area contributed by atoms with E-state index < -0.39 is 5.97 Å². The van der Waals surface area contributed by atoms with Gasteiger partial charge in [0.2, 0.25) is 5.91 Å². The van der Waals surface area contributed by atoms with Crippen LogP contribution >= 0.6 is 23.4 Å². The number of carbonyl (C=O) groups is 2. The summed E-state index contributed by atoms with van der Waals surface area (Å²) in [6, 6.07) is 14.2. The molecule has 1 N–H and O–H groups in total. The van der Waals surface area contributed by atoms with Crippen LogP contribution in [0.5, 0.6) is 0 Å². The fraction of sp³-hybridized carbons (Fsp3) is 0.143. The van der Waals surface area contributed by atoms with Crippen molar-refractivity contribution < 1.29 is 18.7 Å². The minimum absolute atomic E-state index is 0.0995. The molecule has 0 saturated heterocycles. The third kappa shape index (κ3) is 4.42. The molecule has 2 aromatic carbocycles. The molecule has 2 heterocycles. The average Bonchev–Trinajstić information content (AvgIpc) is 3.36. The molecule has 31 heavy (non-hydrogen) atoms. The zero-order valence-corrected chi connectivity index (χ0v) is 18.2. The van der Waals surface area contributed by atoms with Crippen molar-refractivity contribution in [3.8, 4) is 11.6 Å². The smallest absolute Gasteiger partial charge is 0.339 e. The Morgan fingerprint density at radius 1 is 1.19 bits per heavy atom. The fourth-order valence-electron chi connectivity index (χ4n) is 2.94. The standard InChI is InChI=1S/C21H17ClN4O4S/c1-26-19(17-9-12-5-3-4-6-16(12)30-17)24-25-21(26)31-11-18(27)23-13-7-8-15(22)14(10-13)20(28)29-2/h3-10H,11H2,1-2H3,(H,23,27). The Hall–Kier alpha value is -3.30. The molecule has 0 aliphatic carbocycles. The summed E-state index contributed by atoms with van der Waals surface area (Å²) in [6.45, 7) is 0. The van der Waals surface area contributed by atoms with Crippen LogP contribution in [-0.2, 0) is 16.6 Å². The molecule has 4 aromatic rings. The van der Waals surface area contributed by atoms with E-state index in [2.05, 4.69) is 20.3 Å². The third-order valence-corrected chi connectivity index (χ3v) is 5.82. The van der Waals surface area contributed by atoms with Gasteiger partial charge in [-0.05, 0) is 30.3 Å². The van der Waals surface area contributed by atoms with Gasteiger partial charge < -0.3 is 19.0 Å². The maximum Gasteiger partial charge on any atom is 0.339 e. The van der Waals surface area contributed by atoms with Crippen LogP contribution < -0.4 is 5.32 Å². The number of thioether (sulfide) groups is 1. The first-order valence-electron chi connectivity index (χ1n) is 9.15. The van der Waals surface area contributed by atoms with Gasteiger partial charge >= 0.3 is 5.97 Å². The summed E-state index contributed by atoms with van der Waals surface area (Å²) >= 11 is 7.23. The van der Waals surface area contributed by atoms with Crippen molar-refractivity contribution in [2.75, 3.05) is 18.2 Å². The monoisotopic (exact) mass is 456 g/mol. The molecule has 0 fully saturated rings. The first kappa shape index (κ1) is 21.0. The van der Waals surface area contributed by atoms with Crippen LogP contribution in [0, 0.1) is 0 Å². The van der Waals surface area contributed by atoms with Crippen molar-refractivity contribution in [2.45, 2.75) is 5.16 Å². The van der Waals surface area contributed by atoms with Gasteiger partial charge in [0, 0.05) is 18.1 Å². The van der Waals surface area contributed by atoms with Crippen LogP contribution in [0.2, 0.25) is 5.02 Å². The second-order valence-corrected chi connectivity index (χ2v) is 7.89. The maximum atomic E-state index is 12.4. The van der Waals surface area contributed by atoms with Gasteiger partial charge in [-0.1, -0.05) is 41.6 Å². The van der Waals surface area contributed by atoms with E-state index in [0.29, 0.717) is 22.4 Å². The number of furan rings is 1. The van der Waals surface area contributed by atoms with Gasteiger partial charge in [0.25, 0.3) is 0 Å². The summed E-state index contributed by atoms with van der Waals surface area (Å²) in [7, 11) is 3.08. The largest absolute Gasteiger partial charge is 0.465 e. The summed E-state index contributed by atoms with van der Waals surface area (Å²) in [4.78, 5) is 24.1. The Kier molecular flexibility index (Phi) is 5.97. The number of ether oxygens (including phenoxy) is 1. The van der Waals surface area contributed by atoms with Crippen molar-refractivity contribution in [1.82, 2.24) is 14.8 Å². The first-order valence-corrected chi connectivity index (χ1v) is 10.5. The van der Waals surface area contributed by atoms with Gasteiger partial charge in [0.1, 0.15) is 5.58 Å². The van der Waals surface area contributed by atoms with Gasteiger partial charge in [-0.3, -0.25) is 4.79 Å². The Morgan fingerprint density at radius 3 is 2.77 bits per heavy atom. The van der Waals surface area contributed by atoms with Crippen LogP contribution in [0.15, 0.2) is 58.1 Å². The molecule has 0 aliphatic heterocycles. The molecule has 1 amide bonds. The van der Waals surface area contributed by atoms with E-state index in [1.165, 1.54) is 31.0 Å². The number of carbonyl (C=O) groups excluding carboxylic acids is 2. The molecule has 4 rings (SSSR count). The van der Waals surface area contributed by atoms with Crippen molar-refractivity contribution in [1.29, 1.82) is 0 Å². The van der Waals surface area contributed by atoms with Crippen molar-refractivity contribution in [3.05, 3.63) is 59.1 Å². The number of para-hydroxylation sites is 1. The van der Waals surface area contributed by atoms with E-state index in [1.807, 2.05) is 37.4 Å². The maximum absolute atomic E-state index is 12.4. The van der Waals surface area contributed by atoms with Crippen molar-refractivity contribution >= 4 is 51.9 Å². The minimum Gasteiger partial charge on any atom is -0.465 e. The summed E-state index contributed by atoms with van der Waals surface area (Å²) in [5.74, 6) is 0.426. The lowest BCUT2D eigenvalue weighted by atomic mass is 10.2. The number of esters is 1. The summed E-state index contributed by atoms with van der Waals surface area (Å²) in [5, 5.41) is 12.9. The number of nitrogens with one attached hydrogen (secondary N) is 1. The van der Waals surface area contributed by atoms with E-state index in [-0.39, 0.29) is 22.2 Å². The van der Waals surface area contributed by atoms with E-state index >= 15 is 0 Å². The Balaban J connectivity index is 1.43. The van der Waals surface area contributed by atoms with Crippen LogP contribution in [0.4, 0.5) is 5.69 Å². The van der Waals surface area contributed by atoms with Gasteiger partial charge in [-0.25, -0.2) is 4.79 Å². The topological polar surface area (TPSA) is 99.2 Å². The Morgan fingerprint density at radius 2 is 2.00 bits per heavy atom. The van der Waals surface area contributed by atoms with E-state index in [0.717, 1.165) is 11.0 Å². The van der Waals surface area contributed by atoms with Gasteiger partial charge in [-0.2, -0.15) is 0 Å². The lowest BCUT2D eigenvalue weighted by molar-refractivity contribution is -0.113. The fourth-order valence-corrected chi connectivity index (χ4v) is 3.85. The van der Waals surface area contributed by atoms with Crippen LogP contribution in [-0.4, -0.2) is 39.5 Å². The summed E-state index contributed by atoms with van der Waals surface area (Å²) < 4.78 is 12.3. The van der Waals surface area contributed by atoms with Gasteiger partial charge in [0.15, 0.2) is 16.7 Å². The number of benzene rings is 2. The normalized spacial score (nSPS) is 10.9. The second kappa shape index (κ2) is 8.83. The number of aromatic nitrogens is 3. The van der Waals surface area contributed by atoms with Crippen LogP contribution in [0.25, 0.3) is 22.6 Å². The van der Waals surface area contributed by atoms with Crippen LogP contribution in [0.3, 0.4) is 0 Å². The first-order chi connectivity index (χ1) is 15.0. The average molecular weight is 457 g/mol. The number of methoxy groups -OCH3 is 1. The highest BCUT2D eigenvalue weighted by Gasteiger charge is 2.17. The van der Waals surface area contributed by atoms with Gasteiger partial charge in [0.05, 0.1) is 23.4 Å².